The predicted molar refractivity (Wildman–Crippen MR) is 200 cm³/mol. The zero-order valence-electron chi connectivity index (χ0n) is 34.0. The third kappa shape index (κ3) is 7.40. The summed E-state index contributed by atoms with van der Waals surface area (Å²) < 4.78 is 40.1. The van der Waals surface area contributed by atoms with Gasteiger partial charge in [0, 0.05) is 18.1 Å². The van der Waals surface area contributed by atoms with Crippen molar-refractivity contribution < 1.29 is 94.1 Å². The molecule has 7 fully saturated rings. The molecule has 8 rings (SSSR count). The van der Waals surface area contributed by atoms with Crippen molar-refractivity contribution in [3.05, 3.63) is 11.6 Å². The minimum atomic E-state index is -1.83. The molecular formula is C41H64O19. The Labute approximate surface area is 347 Å². The third-order valence-corrected chi connectivity index (χ3v) is 16.3. The molecule has 4 aliphatic carbocycles. The van der Waals surface area contributed by atoms with Gasteiger partial charge in [0.2, 0.25) is 0 Å². The molecule has 8 aliphatic rings. The Hall–Kier alpha value is -1.47. The van der Waals surface area contributed by atoms with Gasteiger partial charge in [0.15, 0.2) is 18.9 Å². The number of esters is 1. The Balaban J connectivity index is 0.872. The molecule has 0 amide bonds. The van der Waals surface area contributed by atoms with Crippen LogP contribution in [-0.4, -0.2) is 192 Å². The fourth-order valence-electron chi connectivity index (χ4n) is 12.8. The molecule has 0 aromatic heterocycles. The number of carbonyl (C=O) groups excluding carboxylic acids is 1. The standard InChI is InChI=1S/C41H64O19/c1-17-35(60-38-33(51)30(48)28(46)25(59-38)15-55-36-32(50)29(47)27(45)24(13-42)58-36)31(49)34(52)37(56-17)57-20-5-9-40(16-43)19(12-20)3-4-23-22(40)6-8-39(2)21(7-10-41(23,39)53)18-11-26(44)54-14-18/h11,17,19-25,27-38,42-43,45-53H,3-10,12-16H2,1-2H3/t17-,19+,20-,21+,22-,23+,24+,25+,27+,28+,29-,30-,31-,32+,33+,34+,35-,36+,37-,38-,39+,40+,41-/m0/s1. The maximum atomic E-state index is 12.6. The van der Waals surface area contributed by atoms with E-state index < -0.39 is 122 Å². The summed E-state index contributed by atoms with van der Waals surface area (Å²) in [6.07, 6.45) is -15.5. The smallest absolute Gasteiger partial charge is 0.331 e. The van der Waals surface area contributed by atoms with Crippen molar-refractivity contribution in [2.45, 2.75) is 175 Å². The molecule has 0 spiro atoms. The van der Waals surface area contributed by atoms with Crippen molar-refractivity contribution in [2.75, 3.05) is 26.4 Å². The fraction of sp³-hybridized carbons (Fsp3) is 0.927. The second-order valence-electron chi connectivity index (χ2n) is 19.0. The summed E-state index contributed by atoms with van der Waals surface area (Å²) >= 11 is 0. The van der Waals surface area contributed by atoms with Crippen LogP contribution in [-0.2, 0) is 38.0 Å². The number of fused-ring (bicyclic) bond motifs is 5. The van der Waals surface area contributed by atoms with E-state index in [9.17, 15) is 61.0 Å². The maximum absolute atomic E-state index is 12.6. The minimum Gasteiger partial charge on any atom is -0.458 e. The molecule has 0 unspecified atom stereocenters. The highest BCUT2D eigenvalue weighted by molar-refractivity contribution is 5.85. The number of aliphatic hydroxyl groups is 11. The largest absolute Gasteiger partial charge is 0.458 e. The van der Waals surface area contributed by atoms with Crippen LogP contribution in [0.2, 0.25) is 0 Å². The third-order valence-electron chi connectivity index (χ3n) is 16.3. The normalized spacial score (nSPS) is 54.4. The highest BCUT2D eigenvalue weighted by atomic mass is 16.8. The van der Waals surface area contributed by atoms with Gasteiger partial charge >= 0.3 is 5.97 Å². The first-order chi connectivity index (χ1) is 28.5. The summed E-state index contributed by atoms with van der Waals surface area (Å²) in [6.45, 7) is 2.71. The maximum Gasteiger partial charge on any atom is 0.331 e. The Bertz CT molecular complexity index is 1570. The highest BCUT2D eigenvalue weighted by Crippen LogP contribution is 2.70. The van der Waals surface area contributed by atoms with Crippen LogP contribution in [0, 0.1) is 34.5 Å². The molecule has 4 aliphatic heterocycles. The van der Waals surface area contributed by atoms with Crippen molar-refractivity contribution >= 4 is 5.97 Å². The van der Waals surface area contributed by atoms with Crippen LogP contribution >= 0.6 is 0 Å². The van der Waals surface area contributed by atoms with E-state index in [1.165, 1.54) is 0 Å². The lowest BCUT2D eigenvalue weighted by molar-refractivity contribution is -0.365. The van der Waals surface area contributed by atoms with E-state index in [1.54, 1.807) is 13.0 Å². The summed E-state index contributed by atoms with van der Waals surface area (Å²) in [5.41, 5.74) is -0.786. The molecule has 19 heteroatoms. The van der Waals surface area contributed by atoms with Crippen molar-refractivity contribution in [1.29, 1.82) is 0 Å². The zero-order chi connectivity index (χ0) is 43.1. The predicted octanol–water partition coefficient (Wildman–Crippen LogP) is -2.92. The molecule has 0 radical (unpaired) electrons. The van der Waals surface area contributed by atoms with Crippen LogP contribution < -0.4 is 0 Å². The van der Waals surface area contributed by atoms with E-state index >= 15 is 0 Å². The molecule has 4 heterocycles. The molecular weight excluding hydrogens is 796 g/mol. The lowest BCUT2D eigenvalue weighted by Crippen LogP contribution is -2.65. The molecule has 11 N–H and O–H groups in total. The number of carbonyl (C=O) groups is 1. The number of ether oxygens (including phenoxy) is 7. The van der Waals surface area contributed by atoms with Gasteiger partial charge in [-0.2, -0.15) is 0 Å². The fourth-order valence-corrected chi connectivity index (χ4v) is 12.8. The van der Waals surface area contributed by atoms with E-state index in [4.69, 9.17) is 33.2 Å². The van der Waals surface area contributed by atoms with Gasteiger partial charge in [0.05, 0.1) is 31.0 Å². The van der Waals surface area contributed by atoms with E-state index in [0.29, 0.717) is 25.7 Å². The Morgan fingerprint density at radius 1 is 0.717 bits per heavy atom. The second-order valence-corrected chi connectivity index (χ2v) is 19.0. The number of rotatable bonds is 10. The van der Waals surface area contributed by atoms with Gasteiger partial charge < -0.3 is 89.3 Å². The summed E-state index contributed by atoms with van der Waals surface area (Å²) in [5, 5.41) is 118. The average molecular weight is 861 g/mol. The Morgan fingerprint density at radius 3 is 2.07 bits per heavy atom. The van der Waals surface area contributed by atoms with Gasteiger partial charge in [0.25, 0.3) is 0 Å². The highest BCUT2D eigenvalue weighted by Gasteiger charge is 2.68. The SMILES string of the molecule is C[C@@H]1O[C@@H](O[C@H]2CC[C@@]3(CO)[C@H](CC[C@@H]4[C@@H]3CC[C@]3(C)[C@@H](C5=CC(=O)OC5)CC[C@]43O)C2)[C@H](O)[C@H](O)[C@H]1O[C@@H]1O[C@H](CO[C@@H]2O[C@H](CO)[C@@H](O)[C@H](O)[C@H]2O)[C@@H](O)[C@H](O)[C@H]1O. The molecule has 0 aromatic rings. The van der Waals surface area contributed by atoms with Crippen molar-refractivity contribution in [1.82, 2.24) is 0 Å². The number of hydrogen-bond donors (Lipinski definition) is 11. The zero-order valence-corrected chi connectivity index (χ0v) is 34.0. The van der Waals surface area contributed by atoms with Crippen molar-refractivity contribution in [3.8, 4) is 0 Å². The monoisotopic (exact) mass is 860 g/mol. The van der Waals surface area contributed by atoms with Gasteiger partial charge in [0.1, 0.15) is 73.8 Å². The van der Waals surface area contributed by atoms with Crippen LogP contribution in [0.1, 0.15) is 71.6 Å². The second kappa shape index (κ2) is 17.2. The van der Waals surface area contributed by atoms with Crippen molar-refractivity contribution in [3.63, 3.8) is 0 Å². The van der Waals surface area contributed by atoms with Crippen molar-refractivity contribution in [2.24, 2.45) is 34.5 Å². The average Bonchev–Trinajstić information content (AvgIpc) is 3.79. The molecule has 4 saturated carbocycles. The molecule has 0 bridgehead atoms. The van der Waals surface area contributed by atoms with E-state index in [0.717, 1.165) is 37.7 Å². The quantitative estimate of drug-likeness (QED) is 0.0775. The lowest BCUT2D eigenvalue weighted by Gasteiger charge is -2.64. The molecule has 0 aromatic carbocycles. The first-order valence-electron chi connectivity index (χ1n) is 21.6. The van der Waals surface area contributed by atoms with E-state index in [-0.39, 0.29) is 49.0 Å². The van der Waals surface area contributed by atoms with Gasteiger partial charge in [-0.15, -0.1) is 0 Å². The molecule has 342 valence electrons. The van der Waals surface area contributed by atoms with Crippen LogP contribution in [0.5, 0.6) is 0 Å². The van der Waals surface area contributed by atoms with Gasteiger partial charge in [-0.25, -0.2) is 4.79 Å². The first-order valence-corrected chi connectivity index (χ1v) is 21.6. The molecule has 60 heavy (non-hydrogen) atoms. The van der Waals surface area contributed by atoms with Gasteiger partial charge in [-0.3, -0.25) is 0 Å². The molecule has 23 atom stereocenters. The van der Waals surface area contributed by atoms with Gasteiger partial charge in [-0.05, 0) is 99.4 Å². The summed E-state index contributed by atoms with van der Waals surface area (Å²) in [5.74, 6) is -0.0804. The van der Waals surface area contributed by atoms with Crippen LogP contribution in [0.4, 0.5) is 0 Å². The lowest BCUT2D eigenvalue weighted by atomic mass is 9.43. The minimum absolute atomic E-state index is 0.00142. The Kier molecular flexibility index (Phi) is 12.9. The molecule has 19 nitrogen and oxygen atoms in total. The van der Waals surface area contributed by atoms with Crippen LogP contribution in [0.3, 0.4) is 0 Å². The summed E-state index contributed by atoms with van der Waals surface area (Å²) in [4.78, 5) is 11.9. The summed E-state index contributed by atoms with van der Waals surface area (Å²) in [7, 11) is 0. The number of hydrogen-bond acceptors (Lipinski definition) is 19. The van der Waals surface area contributed by atoms with Crippen LogP contribution in [0.15, 0.2) is 11.6 Å². The first kappa shape index (κ1) is 45.1. The van der Waals surface area contributed by atoms with Crippen LogP contribution in [0.25, 0.3) is 0 Å². The Morgan fingerprint density at radius 2 is 1.38 bits per heavy atom. The number of aliphatic hydroxyl groups excluding tert-OH is 10. The topological polar surface area (TPSA) is 304 Å². The van der Waals surface area contributed by atoms with E-state index in [1.807, 2.05) is 0 Å². The van der Waals surface area contributed by atoms with Gasteiger partial charge in [-0.1, -0.05) is 6.92 Å². The summed E-state index contributed by atoms with van der Waals surface area (Å²) in [6, 6.07) is 0. The molecule has 3 saturated heterocycles. The number of cyclic esters (lactones) is 1. The van der Waals surface area contributed by atoms with E-state index in [2.05, 4.69) is 6.92 Å².